The van der Waals surface area contributed by atoms with Crippen molar-refractivity contribution in [3.8, 4) is 6.07 Å². The third-order valence-corrected chi connectivity index (χ3v) is 1.79. The van der Waals surface area contributed by atoms with Crippen LogP contribution in [0, 0.1) is 11.3 Å². The van der Waals surface area contributed by atoms with Crippen LogP contribution in [0.1, 0.15) is 12.8 Å². The zero-order chi connectivity index (χ0) is 8.27. The molecule has 1 rings (SSSR count). The van der Waals surface area contributed by atoms with Crippen LogP contribution in [0.2, 0.25) is 0 Å². The van der Waals surface area contributed by atoms with Gasteiger partial charge in [0.15, 0.2) is 0 Å². The summed E-state index contributed by atoms with van der Waals surface area (Å²) in [6, 6.07) is 1.60. The Kier molecular flexibility index (Phi) is 2.44. The van der Waals surface area contributed by atoms with Crippen molar-refractivity contribution in [2.75, 3.05) is 7.11 Å². The minimum atomic E-state index is -0.275. The molecular weight excluding hydrogens is 144 g/mol. The SMILES string of the molecule is COC(=O)[C@@H]1CC[C@H](C#N)N1. The van der Waals surface area contributed by atoms with E-state index in [1.807, 2.05) is 0 Å². The Morgan fingerprint density at radius 2 is 2.45 bits per heavy atom. The normalized spacial score (nSPS) is 29.5. The first kappa shape index (κ1) is 8.02. The number of hydrogen-bond acceptors (Lipinski definition) is 4. The van der Waals surface area contributed by atoms with E-state index in [1.165, 1.54) is 7.11 Å². The summed E-state index contributed by atoms with van der Waals surface area (Å²) < 4.78 is 4.52. The van der Waals surface area contributed by atoms with Gasteiger partial charge in [-0.05, 0) is 12.8 Å². The lowest BCUT2D eigenvalue weighted by Gasteiger charge is -2.06. The van der Waals surface area contributed by atoms with Crippen LogP contribution in [0.15, 0.2) is 0 Å². The second-order valence-electron chi connectivity index (χ2n) is 2.50. The van der Waals surface area contributed by atoms with E-state index in [0.717, 1.165) is 6.42 Å². The minimum Gasteiger partial charge on any atom is -0.468 e. The van der Waals surface area contributed by atoms with Crippen molar-refractivity contribution in [3.63, 3.8) is 0 Å². The quantitative estimate of drug-likeness (QED) is 0.531. The van der Waals surface area contributed by atoms with Gasteiger partial charge in [-0.2, -0.15) is 5.26 Å². The Morgan fingerprint density at radius 3 is 2.91 bits per heavy atom. The van der Waals surface area contributed by atoms with Crippen molar-refractivity contribution in [1.29, 1.82) is 5.26 Å². The summed E-state index contributed by atoms with van der Waals surface area (Å²) >= 11 is 0. The number of nitrogens with zero attached hydrogens (tertiary/aromatic N) is 1. The molecule has 0 unspecified atom stereocenters. The Hall–Kier alpha value is -1.08. The summed E-state index contributed by atoms with van der Waals surface area (Å²) in [7, 11) is 1.35. The molecule has 11 heavy (non-hydrogen) atoms. The van der Waals surface area contributed by atoms with Crippen molar-refractivity contribution in [2.45, 2.75) is 24.9 Å². The highest BCUT2D eigenvalue weighted by Gasteiger charge is 2.29. The Balaban J connectivity index is 2.43. The highest BCUT2D eigenvalue weighted by Crippen LogP contribution is 2.12. The van der Waals surface area contributed by atoms with Crippen LogP contribution in [0.5, 0.6) is 0 Å². The minimum absolute atomic E-state index is 0.181. The number of nitriles is 1. The van der Waals surface area contributed by atoms with Crippen molar-refractivity contribution >= 4 is 5.97 Å². The predicted octanol–water partition coefficient (Wildman–Crippen LogP) is -0.196. The first-order valence-corrected chi connectivity index (χ1v) is 3.51. The molecule has 0 radical (unpaired) electrons. The molecule has 1 heterocycles. The van der Waals surface area contributed by atoms with Crippen molar-refractivity contribution in [3.05, 3.63) is 0 Å². The number of ether oxygens (including phenoxy) is 1. The molecule has 0 bridgehead atoms. The standard InChI is InChI=1S/C7H10N2O2/c1-11-7(10)6-3-2-5(4-8)9-6/h5-6,9H,2-3H2,1H3/t5-,6+/m1/s1. The van der Waals surface area contributed by atoms with E-state index in [9.17, 15) is 4.79 Å². The van der Waals surface area contributed by atoms with Crippen LogP contribution in [-0.4, -0.2) is 25.2 Å². The lowest BCUT2D eigenvalue weighted by Crippen LogP contribution is -2.35. The topological polar surface area (TPSA) is 62.1 Å². The van der Waals surface area contributed by atoms with E-state index in [2.05, 4.69) is 16.1 Å². The molecule has 0 saturated carbocycles. The van der Waals surface area contributed by atoms with Gasteiger partial charge in [-0.15, -0.1) is 0 Å². The van der Waals surface area contributed by atoms with Crippen LogP contribution in [-0.2, 0) is 9.53 Å². The molecule has 1 saturated heterocycles. The van der Waals surface area contributed by atoms with E-state index in [1.54, 1.807) is 0 Å². The molecule has 0 aliphatic carbocycles. The number of carbonyl (C=O) groups excluding carboxylic acids is 1. The Bertz CT molecular complexity index is 197. The van der Waals surface area contributed by atoms with E-state index in [4.69, 9.17) is 5.26 Å². The monoisotopic (exact) mass is 154 g/mol. The first-order valence-electron chi connectivity index (χ1n) is 3.51. The van der Waals surface area contributed by atoms with E-state index in [0.29, 0.717) is 6.42 Å². The summed E-state index contributed by atoms with van der Waals surface area (Å²) in [5.74, 6) is -0.275. The van der Waals surface area contributed by atoms with Crippen LogP contribution in [0.4, 0.5) is 0 Å². The molecule has 0 amide bonds. The lowest BCUT2D eigenvalue weighted by atomic mass is 10.2. The number of hydrogen-bond donors (Lipinski definition) is 1. The van der Waals surface area contributed by atoms with Gasteiger partial charge in [0.2, 0.25) is 0 Å². The average molecular weight is 154 g/mol. The second kappa shape index (κ2) is 3.35. The van der Waals surface area contributed by atoms with Crippen LogP contribution in [0.3, 0.4) is 0 Å². The molecule has 1 fully saturated rings. The molecule has 0 spiro atoms. The number of nitrogens with one attached hydrogen (secondary N) is 1. The fraction of sp³-hybridized carbons (Fsp3) is 0.714. The summed E-state index contributed by atoms with van der Waals surface area (Å²) in [5, 5.41) is 11.3. The van der Waals surface area contributed by atoms with E-state index in [-0.39, 0.29) is 18.1 Å². The Morgan fingerprint density at radius 1 is 1.73 bits per heavy atom. The fourth-order valence-corrected chi connectivity index (χ4v) is 1.17. The summed E-state index contributed by atoms with van der Waals surface area (Å²) in [5.41, 5.74) is 0. The molecule has 0 aromatic rings. The molecular formula is C7H10N2O2. The van der Waals surface area contributed by atoms with Crippen LogP contribution >= 0.6 is 0 Å². The summed E-state index contributed by atoms with van der Waals surface area (Å²) in [6.07, 6.45) is 1.43. The predicted molar refractivity (Wildman–Crippen MR) is 37.6 cm³/mol. The Labute approximate surface area is 65.1 Å². The molecule has 1 aliphatic rings. The number of rotatable bonds is 1. The fourth-order valence-electron chi connectivity index (χ4n) is 1.17. The average Bonchev–Trinajstić information content (AvgIpc) is 2.50. The number of esters is 1. The number of methoxy groups -OCH3 is 1. The van der Waals surface area contributed by atoms with Gasteiger partial charge in [0, 0.05) is 0 Å². The van der Waals surface area contributed by atoms with Gasteiger partial charge in [0.25, 0.3) is 0 Å². The highest BCUT2D eigenvalue weighted by molar-refractivity contribution is 5.76. The summed E-state index contributed by atoms with van der Waals surface area (Å²) in [6.45, 7) is 0. The third-order valence-electron chi connectivity index (χ3n) is 1.79. The maximum Gasteiger partial charge on any atom is 0.322 e. The molecule has 1 N–H and O–H groups in total. The van der Waals surface area contributed by atoms with Gasteiger partial charge in [-0.3, -0.25) is 10.1 Å². The van der Waals surface area contributed by atoms with Gasteiger partial charge in [-0.25, -0.2) is 0 Å². The smallest absolute Gasteiger partial charge is 0.322 e. The third kappa shape index (κ3) is 1.69. The van der Waals surface area contributed by atoms with Crippen molar-refractivity contribution < 1.29 is 9.53 Å². The number of carbonyl (C=O) groups is 1. The largest absolute Gasteiger partial charge is 0.468 e. The van der Waals surface area contributed by atoms with E-state index < -0.39 is 0 Å². The maximum atomic E-state index is 10.9. The highest BCUT2D eigenvalue weighted by atomic mass is 16.5. The maximum absolute atomic E-state index is 10.9. The zero-order valence-electron chi connectivity index (χ0n) is 6.33. The van der Waals surface area contributed by atoms with Crippen molar-refractivity contribution in [2.24, 2.45) is 0 Å². The van der Waals surface area contributed by atoms with Crippen LogP contribution in [0.25, 0.3) is 0 Å². The molecule has 0 aromatic carbocycles. The van der Waals surface area contributed by atoms with Gasteiger partial charge >= 0.3 is 5.97 Å². The molecule has 4 nitrogen and oxygen atoms in total. The molecule has 1 aliphatic heterocycles. The molecule has 2 atom stereocenters. The first-order chi connectivity index (χ1) is 5.27. The molecule has 60 valence electrons. The van der Waals surface area contributed by atoms with Crippen LogP contribution < -0.4 is 5.32 Å². The summed E-state index contributed by atoms with van der Waals surface area (Å²) in [4.78, 5) is 10.9. The van der Waals surface area contributed by atoms with Crippen molar-refractivity contribution in [1.82, 2.24) is 5.32 Å². The molecule has 0 aromatic heterocycles. The van der Waals surface area contributed by atoms with E-state index >= 15 is 0 Å². The van der Waals surface area contributed by atoms with Gasteiger partial charge < -0.3 is 4.74 Å². The van der Waals surface area contributed by atoms with Gasteiger partial charge in [-0.1, -0.05) is 0 Å². The zero-order valence-corrected chi connectivity index (χ0v) is 6.33. The van der Waals surface area contributed by atoms with Gasteiger partial charge in [0.1, 0.15) is 6.04 Å². The molecule has 4 heteroatoms. The second-order valence-corrected chi connectivity index (χ2v) is 2.50. The van der Waals surface area contributed by atoms with Gasteiger partial charge in [0.05, 0.1) is 19.2 Å². The lowest BCUT2D eigenvalue weighted by molar-refractivity contribution is -0.142.